The van der Waals surface area contributed by atoms with Gasteiger partial charge in [-0.15, -0.1) is 0 Å². The third-order valence-electron chi connectivity index (χ3n) is 2.95. The summed E-state index contributed by atoms with van der Waals surface area (Å²) in [6.45, 7) is 4.46. The Morgan fingerprint density at radius 3 is 2.32 bits per heavy atom. The second-order valence-electron chi connectivity index (χ2n) is 4.48. The second kappa shape index (κ2) is 6.02. The molecule has 0 saturated heterocycles. The lowest BCUT2D eigenvalue weighted by Crippen LogP contribution is -2.24. The van der Waals surface area contributed by atoms with Gasteiger partial charge >= 0.3 is 13.8 Å². The van der Waals surface area contributed by atoms with E-state index in [1.807, 2.05) is 0 Å². The lowest BCUT2D eigenvalue weighted by Gasteiger charge is -2.17. The highest BCUT2D eigenvalue weighted by Gasteiger charge is 2.46. The van der Waals surface area contributed by atoms with Crippen molar-refractivity contribution in [2.45, 2.75) is 26.9 Å². The van der Waals surface area contributed by atoms with Gasteiger partial charge in [-0.3, -0.25) is 8.97 Å². The molecule has 0 unspecified atom stereocenters. The van der Waals surface area contributed by atoms with Crippen LogP contribution in [0.2, 0.25) is 0 Å². The molecule has 0 aromatic carbocycles. The van der Waals surface area contributed by atoms with E-state index in [2.05, 4.69) is 4.98 Å². The van der Waals surface area contributed by atoms with E-state index in [0.29, 0.717) is 5.69 Å². The van der Waals surface area contributed by atoms with Crippen LogP contribution in [-0.4, -0.2) is 22.6 Å². The van der Waals surface area contributed by atoms with E-state index in [-0.39, 0.29) is 18.9 Å². The number of imidazole rings is 1. The zero-order valence-corrected chi connectivity index (χ0v) is 13.2. The Morgan fingerprint density at radius 2 is 1.82 bits per heavy atom. The van der Waals surface area contributed by atoms with Gasteiger partial charge in [-0.25, -0.2) is 4.98 Å². The number of alkyl halides is 3. The fraction of sp³-hybridized carbons (Fsp3) is 0.462. The molecule has 0 fully saturated rings. The number of hydrogen-bond acceptors (Lipinski definition) is 4. The van der Waals surface area contributed by atoms with Gasteiger partial charge in [0.1, 0.15) is 5.65 Å². The summed E-state index contributed by atoms with van der Waals surface area (Å²) in [6.07, 6.45) is -4.75. The van der Waals surface area contributed by atoms with Crippen molar-refractivity contribution in [2.24, 2.45) is 0 Å². The number of aromatic nitrogens is 2. The summed E-state index contributed by atoms with van der Waals surface area (Å²) in [5, 5.41) is 0. The maximum atomic E-state index is 13.5. The van der Waals surface area contributed by atoms with Crippen molar-refractivity contribution in [1.29, 1.82) is 0 Å². The van der Waals surface area contributed by atoms with Crippen molar-refractivity contribution in [3.05, 3.63) is 29.6 Å². The number of aryl methyl sites for hydroxylation is 1. The lowest BCUT2D eigenvalue weighted by molar-refractivity contribution is -0.141. The molecule has 2 aromatic heterocycles. The van der Waals surface area contributed by atoms with E-state index in [4.69, 9.17) is 9.05 Å². The smallest absolute Gasteiger partial charge is 0.304 e. The van der Waals surface area contributed by atoms with Crippen LogP contribution in [0.3, 0.4) is 0 Å². The Balaban J connectivity index is 2.83. The average molecular weight is 336 g/mol. The summed E-state index contributed by atoms with van der Waals surface area (Å²) < 4.78 is 64.2. The molecule has 2 rings (SSSR count). The predicted molar refractivity (Wildman–Crippen MR) is 75.4 cm³/mol. The molecule has 0 spiro atoms. The number of fused-ring (bicyclic) bond motifs is 1. The molecule has 122 valence electrons. The molecular weight excluding hydrogens is 320 g/mol. The Hall–Kier alpha value is -1.37. The SMILES string of the molecule is CCOP(=O)(OCC)c1nc2cccc(C)n2c1C(F)(F)F. The third kappa shape index (κ3) is 2.91. The molecule has 0 amide bonds. The van der Waals surface area contributed by atoms with Crippen molar-refractivity contribution in [3.8, 4) is 0 Å². The molecule has 0 N–H and O–H groups in total. The standard InChI is InChI=1S/C13H16F3N2O3P/c1-4-20-22(19,21-5-2)12-11(13(14,15)16)18-9(3)7-6-8-10(18)17-12/h6-8H,4-5H2,1-3H3. The van der Waals surface area contributed by atoms with E-state index in [1.165, 1.54) is 32.9 Å². The highest BCUT2D eigenvalue weighted by molar-refractivity contribution is 7.62. The molecule has 5 nitrogen and oxygen atoms in total. The predicted octanol–water partition coefficient (Wildman–Crippen LogP) is 3.55. The molecule has 0 bridgehead atoms. The number of nitrogens with zero attached hydrogens (tertiary/aromatic N) is 2. The van der Waals surface area contributed by atoms with Crippen molar-refractivity contribution in [2.75, 3.05) is 13.2 Å². The largest absolute Gasteiger partial charge is 0.434 e. The summed E-state index contributed by atoms with van der Waals surface area (Å²) >= 11 is 0. The number of hydrogen-bond donors (Lipinski definition) is 0. The van der Waals surface area contributed by atoms with E-state index >= 15 is 0 Å². The molecule has 9 heteroatoms. The average Bonchev–Trinajstić information content (AvgIpc) is 2.80. The molecule has 0 aliphatic heterocycles. The van der Waals surface area contributed by atoms with Crippen LogP contribution in [0.15, 0.2) is 18.2 Å². The number of pyridine rings is 1. The highest BCUT2D eigenvalue weighted by Crippen LogP contribution is 2.49. The topological polar surface area (TPSA) is 52.8 Å². The maximum absolute atomic E-state index is 13.5. The van der Waals surface area contributed by atoms with Gasteiger partial charge in [0.15, 0.2) is 11.1 Å². The molecule has 0 radical (unpaired) electrons. The van der Waals surface area contributed by atoms with Gasteiger partial charge in [-0.1, -0.05) is 6.07 Å². The summed E-state index contributed by atoms with van der Waals surface area (Å²) in [5.74, 6) is 0. The van der Waals surface area contributed by atoms with E-state index in [1.54, 1.807) is 6.07 Å². The third-order valence-corrected chi connectivity index (χ3v) is 4.97. The van der Waals surface area contributed by atoms with Crippen LogP contribution < -0.4 is 5.44 Å². The normalized spacial score (nSPS) is 13.0. The first-order chi connectivity index (χ1) is 10.2. The fourth-order valence-corrected chi connectivity index (χ4v) is 3.90. The van der Waals surface area contributed by atoms with E-state index in [0.717, 1.165) is 4.40 Å². The van der Waals surface area contributed by atoms with Gasteiger partial charge in [-0.2, -0.15) is 13.2 Å². The van der Waals surface area contributed by atoms with Gasteiger partial charge in [-0.05, 0) is 32.9 Å². The Kier molecular flexibility index (Phi) is 4.65. The second-order valence-corrected chi connectivity index (χ2v) is 6.41. The quantitative estimate of drug-likeness (QED) is 0.784. The van der Waals surface area contributed by atoms with Crippen LogP contribution in [0.25, 0.3) is 5.65 Å². The monoisotopic (exact) mass is 336 g/mol. The summed E-state index contributed by atoms with van der Waals surface area (Å²) in [4.78, 5) is 3.88. The first-order valence-electron chi connectivity index (χ1n) is 6.69. The summed E-state index contributed by atoms with van der Waals surface area (Å²) in [6, 6.07) is 4.50. The van der Waals surface area contributed by atoms with Gasteiger partial charge in [0.2, 0.25) is 0 Å². The molecular formula is C13H16F3N2O3P. The van der Waals surface area contributed by atoms with Gasteiger partial charge in [0.25, 0.3) is 0 Å². The van der Waals surface area contributed by atoms with Crippen LogP contribution >= 0.6 is 7.60 Å². The maximum Gasteiger partial charge on any atom is 0.434 e. The van der Waals surface area contributed by atoms with Crippen molar-refractivity contribution >= 4 is 18.7 Å². The van der Waals surface area contributed by atoms with Gasteiger partial charge in [0.05, 0.1) is 13.2 Å². The zero-order valence-electron chi connectivity index (χ0n) is 12.3. The van der Waals surface area contributed by atoms with E-state index < -0.39 is 24.9 Å². The Morgan fingerprint density at radius 1 is 1.23 bits per heavy atom. The van der Waals surface area contributed by atoms with Crippen LogP contribution in [0.5, 0.6) is 0 Å². The molecule has 0 saturated carbocycles. The minimum Gasteiger partial charge on any atom is -0.304 e. The molecule has 2 heterocycles. The van der Waals surface area contributed by atoms with E-state index in [9.17, 15) is 17.7 Å². The molecule has 0 aliphatic carbocycles. The Labute approximate surface area is 125 Å². The summed E-state index contributed by atoms with van der Waals surface area (Å²) in [7, 11) is -4.15. The minimum absolute atomic E-state index is 0.0435. The van der Waals surface area contributed by atoms with Crippen LogP contribution in [0.1, 0.15) is 25.2 Å². The van der Waals surface area contributed by atoms with Gasteiger partial charge < -0.3 is 9.05 Å². The number of halogens is 3. The van der Waals surface area contributed by atoms with Crippen molar-refractivity contribution in [1.82, 2.24) is 9.38 Å². The lowest BCUT2D eigenvalue weighted by atomic mass is 10.3. The highest BCUT2D eigenvalue weighted by atomic mass is 31.2. The molecule has 0 atom stereocenters. The Bertz CT molecular complexity index is 717. The number of rotatable bonds is 5. The van der Waals surface area contributed by atoms with Crippen LogP contribution in [0.4, 0.5) is 13.2 Å². The fourth-order valence-electron chi connectivity index (χ4n) is 2.19. The molecule has 2 aromatic rings. The summed E-state index contributed by atoms with van der Waals surface area (Å²) in [5.41, 5.74) is -1.45. The van der Waals surface area contributed by atoms with Gasteiger partial charge in [0, 0.05) is 5.69 Å². The minimum atomic E-state index is -4.75. The first-order valence-corrected chi connectivity index (χ1v) is 8.23. The van der Waals surface area contributed by atoms with Crippen molar-refractivity contribution in [3.63, 3.8) is 0 Å². The zero-order chi connectivity index (χ0) is 16.5. The van der Waals surface area contributed by atoms with Crippen LogP contribution in [0, 0.1) is 6.92 Å². The van der Waals surface area contributed by atoms with Crippen molar-refractivity contribution < 1.29 is 26.8 Å². The first kappa shape index (κ1) is 17.0. The molecule has 22 heavy (non-hydrogen) atoms. The molecule has 0 aliphatic rings. The van der Waals surface area contributed by atoms with Crippen LogP contribution in [-0.2, 0) is 19.8 Å².